The zero-order valence-electron chi connectivity index (χ0n) is 13.5. The number of aliphatic imine (C=N–C) groups is 1. The first-order chi connectivity index (χ1) is 12.0. The summed E-state index contributed by atoms with van der Waals surface area (Å²) in [6.45, 7) is 0.106. The molecule has 1 aromatic carbocycles. The van der Waals surface area contributed by atoms with E-state index in [2.05, 4.69) is 15.1 Å². The number of para-hydroxylation sites is 1. The number of nitrogens with one attached hydrogen (secondary N) is 1. The maximum absolute atomic E-state index is 12.7. The molecule has 0 amide bonds. The van der Waals surface area contributed by atoms with Crippen LogP contribution in [0.5, 0.6) is 0 Å². The van der Waals surface area contributed by atoms with Crippen molar-refractivity contribution in [3.8, 4) is 5.13 Å². The fraction of sp³-hybridized carbons (Fsp3) is 0.312. The molecule has 0 saturated heterocycles. The summed E-state index contributed by atoms with van der Waals surface area (Å²) >= 11 is 1.38. The van der Waals surface area contributed by atoms with E-state index in [0.717, 1.165) is 10.2 Å². The van der Waals surface area contributed by atoms with Crippen LogP contribution < -0.4 is 5.56 Å². The SMILES string of the molecule is Cc1[nH]n(-c2nc3ccccc3s2)c(=O)c1C=NC(CO)(CO)CO. The average molecular weight is 362 g/mol. The summed E-state index contributed by atoms with van der Waals surface area (Å²) in [7, 11) is 0. The molecule has 25 heavy (non-hydrogen) atoms. The van der Waals surface area contributed by atoms with Crippen LogP contribution in [-0.4, -0.2) is 61.7 Å². The van der Waals surface area contributed by atoms with Gasteiger partial charge < -0.3 is 15.3 Å². The second-order valence-corrected chi connectivity index (χ2v) is 6.72. The van der Waals surface area contributed by atoms with Gasteiger partial charge in [-0.2, -0.15) is 4.68 Å². The van der Waals surface area contributed by atoms with Gasteiger partial charge in [-0.05, 0) is 19.1 Å². The lowest BCUT2D eigenvalue weighted by Crippen LogP contribution is -2.40. The fourth-order valence-electron chi connectivity index (χ4n) is 2.28. The minimum Gasteiger partial charge on any atom is -0.394 e. The van der Waals surface area contributed by atoms with E-state index in [-0.39, 0.29) is 11.1 Å². The lowest BCUT2D eigenvalue weighted by molar-refractivity contribution is 0.0718. The van der Waals surface area contributed by atoms with Crippen LogP contribution in [0.25, 0.3) is 15.3 Å². The van der Waals surface area contributed by atoms with Crippen molar-refractivity contribution in [1.29, 1.82) is 0 Å². The van der Waals surface area contributed by atoms with E-state index < -0.39 is 25.4 Å². The predicted octanol–water partition coefficient (Wildman–Crippen LogP) is 0.218. The zero-order chi connectivity index (χ0) is 18.0. The van der Waals surface area contributed by atoms with Gasteiger partial charge in [0.05, 0.1) is 35.6 Å². The van der Waals surface area contributed by atoms with Crippen LogP contribution in [0.15, 0.2) is 34.1 Å². The third-order valence-electron chi connectivity index (χ3n) is 3.94. The van der Waals surface area contributed by atoms with Crippen LogP contribution in [0, 0.1) is 6.92 Å². The maximum Gasteiger partial charge on any atom is 0.282 e. The Morgan fingerprint density at radius 1 is 1.28 bits per heavy atom. The summed E-state index contributed by atoms with van der Waals surface area (Å²) in [5.41, 5.74) is -0.119. The second kappa shape index (κ2) is 6.89. The summed E-state index contributed by atoms with van der Waals surface area (Å²) in [6, 6.07) is 7.59. The number of fused-ring (bicyclic) bond motifs is 1. The number of aromatic amines is 1. The molecule has 132 valence electrons. The highest BCUT2D eigenvalue weighted by Crippen LogP contribution is 2.23. The van der Waals surface area contributed by atoms with Gasteiger partial charge in [-0.1, -0.05) is 23.5 Å². The molecule has 0 saturated carbocycles. The number of H-pyrrole nitrogens is 1. The molecular formula is C16H18N4O4S. The van der Waals surface area contributed by atoms with Crippen molar-refractivity contribution in [2.75, 3.05) is 19.8 Å². The molecule has 9 heteroatoms. The number of nitrogens with zero attached hydrogens (tertiary/aromatic N) is 3. The molecule has 0 aliphatic carbocycles. The van der Waals surface area contributed by atoms with Crippen molar-refractivity contribution >= 4 is 27.8 Å². The molecule has 0 spiro atoms. The van der Waals surface area contributed by atoms with Gasteiger partial charge in [-0.3, -0.25) is 14.9 Å². The van der Waals surface area contributed by atoms with E-state index in [0.29, 0.717) is 10.8 Å². The first kappa shape index (κ1) is 17.5. The van der Waals surface area contributed by atoms with Crippen LogP contribution in [0.1, 0.15) is 11.3 Å². The van der Waals surface area contributed by atoms with Gasteiger partial charge in [0.2, 0.25) is 5.13 Å². The predicted molar refractivity (Wildman–Crippen MR) is 95.9 cm³/mol. The second-order valence-electron chi connectivity index (χ2n) is 5.71. The van der Waals surface area contributed by atoms with Gasteiger partial charge in [0.25, 0.3) is 5.56 Å². The molecule has 3 rings (SSSR count). The monoisotopic (exact) mass is 362 g/mol. The van der Waals surface area contributed by atoms with Crippen LogP contribution in [-0.2, 0) is 0 Å². The highest BCUT2D eigenvalue weighted by atomic mass is 32.1. The third-order valence-corrected chi connectivity index (χ3v) is 4.96. The Balaban J connectivity index is 2.03. The molecule has 0 bridgehead atoms. The summed E-state index contributed by atoms with van der Waals surface area (Å²) in [6.07, 6.45) is 1.26. The summed E-state index contributed by atoms with van der Waals surface area (Å²) < 4.78 is 2.30. The van der Waals surface area contributed by atoms with Crippen molar-refractivity contribution in [3.63, 3.8) is 0 Å². The molecule has 0 unspecified atom stereocenters. The molecule has 4 N–H and O–H groups in total. The Morgan fingerprint density at radius 3 is 2.60 bits per heavy atom. The first-order valence-corrected chi connectivity index (χ1v) is 8.40. The first-order valence-electron chi connectivity index (χ1n) is 7.59. The molecule has 0 aliphatic rings. The van der Waals surface area contributed by atoms with E-state index in [1.807, 2.05) is 24.3 Å². The Kier molecular flexibility index (Phi) is 4.82. The molecule has 0 fully saturated rings. The van der Waals surface area contributed by atoms with Gasteiger partial charge in [0, 0.05) is 11.9 Å². The van der Waals surface area contributed by atoms with E-state index in [1.54, 1.807) is 6.92 Å². The Bertz CT molecular complexity index is 927. The fourth-order valence-corrected chi connectivity index (χ4v) is 3.20. The molecule has 0 atom stereocenters. The largest absolute Gasteiger partial charge is 0.394 e. The van der Waals surface area contributed by atoms with Crippen LogP contribution >= 0.6 is 11.3 Å². The van der Waals surface area contributed by atoms with E-state index >= 15 is 0 Å². The van der Waals surface area contributed by atoms with Gasteiger partial charge in [0.1, 0.15) is 5.54 Å². The van der Waals surface area contributed by atoms with Gasteiger partial charge in [-0.25, -0.2) is 4.98 Å². The third kappa shape index (κ3) is 3.14. The number of hydrogen-bond donors (Lipinski definition) is 4. The summed E-state index contributed by atoms with van der Waals surface area (Å²) in [5, 5.41) is 31.4. The lowest BCUT2D eigenvalue weighted by atomic mass is 10.1. The maximum atomic E-state index is 12.7. The van der Waals surface area contributed by atoms with Gasteiger partial charge in [0.15, 0.2) is 0 Å². The molecular weight excluding hydrogens is 344 g/mol. The molecule has 2 heterocycles. The lowest BCUT2D eigenvalue weighted by Gasteiger charge is -2.21. The normalized spacial score (nSPS) is 12.5. The van der Waals surface area contributed by atoms with E-state index in [9.17, 15) is 20.1 Å². The zero-order valence-corrected chi connectivity index (χ0v) is 14.3. The Morgan fingerprint density at radius 2 is 1.96 bits per heavy atom. The standard InChI is InChI=1S/C16H18N4O4S/c1-10-11(6-17-16(7-21,8-22)9-23)14(24)20(19-10)15-18-12-4-2-3-5-13(12)25-15/h2-6,19,21-23H,7-9H2,1H3. The molecule has 0 radical (unpaired) electrons. The van der Waals surface area contributed by atoms with Gasteiger partial charge >= 0.3 is 0 Å². The number of aromatic nitrogens is 3. The van der Waals surface area contributed by atoms with E-state index in [4.69, 9.17) is 0 Å². The number of aryl methyl sites for hydroxylation is 1. The highest BCUT2D eigenvalue weighted by Gasteiger charge is 2.26. The molecule has 0 aliphatic heterocycles. The number of aliphatic hydroxyl groups is 3. The van der Waals surface area contributed by atoms with Crippen molar-refractivity contribution in [2.24, 2.45) is 4.99 Å². The van der Waals surface area contributed by atoms with Crippen molar-refractivity contribution in [2.45, 2.75) is 12.5 Å². The smallest absolute Gasteiger partial charge is 0.282 e. The minimum atomic E-state index is -1.42. The van der Waals surface area contributed by atoms with E-state index in [1.165, 1.54) is 22.2 Å². The number of benzene rings is 1. The average Bonchev–Trinajstić information content (AvgIpc) is 3.18. The van der Waals surface area contributed by atoms with Crippen LogP contribution in [0.3, 0.4) is 0 Å². The van der Waals surface area contributed by atoms with Crippen LogP contribution in [0.2, 0.25) is 0 Å². The molecule has 3 aromatic rings. The molecule has 2 aromatic heterocycles. The topological polar surface area (TPSA) is 124 Å². The van der Waals surface area contributed by atoms with Crippen molar-refractivity contribution < 1.29 is 15.3 Å². The number of aliphatic hydroxyl groups excluding tert-OH is 3. The Labute approximate surface area is 146 Å². The number of thiazole rings is 1. The van der Waals surface area contributed by atoms with Crippen molar-refractivity contribution in [3.05, 3.63) is 45.9 Å². The minimum absolute atomic E-state index is 0.277. The number of hydrogen-bond acceptors (Lipinski definition) is 7. The highest BCUT2D eigenvalue weighted by molar-refractivity contribution is 7.20. The summed E-state index contributed by atoms with van der Waals surface area (Å²) in [5.74, 6) is 0. The quantitative estimate of drug-likeness (QED) is 0.467. The Hall–Kier alpha value is -2.33. The van der Waals surface area contributed by atoms with Crippen LogP contribution in [0.4, 0.5) is 0 Å². The number of rotatable bonds is 6. The molecule has 8 nitrogen and oxygen atoms in total. The summed E-state index contributed by atoms with van der Waals surface area (Å²) in [4.78, 5) is 21.1. The van der Waals surface area contributed by atoms with Crippen molar-refractivity contribution in [1.82, 2.24) is 14.8 Å². The van der Waals surface area contributed by atoms with Gasteiger partial charge in [-0.15, -0.1) is 0 Å².